The number of nitrogens with zero attached hydrogens (tertiary/aromatic N) is 1. The van der Waals surface area contributed by atoms with Crippen LogP contribution in [0, 0.1) is 5.82 Å². The van der Waals surface area contributed by atoms with Crippen LogP contribution in [0.4, 0.5) is 4.39 Å². The molecule has 144 valence electrons. The summed E-state index contributed by atoms with van der Waals surface area (Å²) in [7, 11) is 1.53. The van der Waals surface area contributed by atoms with E-state index in [0.29, 0.717) is 16.3 Å². The molecule has 0 radical (unpaired) electrons. The summed E-state index contributed by atoms with van der Waals surface area (Å²) in [4.78, 5) is 26.4. The van der Waals surface area contributed by atoms with E-state index in [4.69, 9.17) is 11.6 Å². The van der Waals surface area contributed by atoms with Gasteiger partial charge in [-0.05, 0) is 30.2 Å². The standard InChI is InChI=1S/C20H22ClFN2O2S/c1-14(20(26)23-2)24(11-15-7-3-5-9-17(15)21)19(25)13-27-12-16-8-4-6-10-18(16)22/h3-10,14H,11-13H2,1-2H3,(H,23,26). The number of likely N-dealkylation sites (N-methyl/N-ethyl adjacent to an activating group) is 1. The van der Waals surface area contributed by atoms with E-state index >= 15 is 0 Å². The van der Waals surface area contributed by atoms with Crippen LogP contribution in [0.15, 0.2) is 48.5 Å². The number of amides is 2. The number of rotatable bonds is 8. The molecule has 0 aliphatic carbocycles. The zero-order valence-corrected chi connectivity index (χ0v) is 16.8. The van der Waals surface area contributed by atoms with Gasteiger partial charge in [-0.1, -0.05) is 48.0 Å². The van der Waals surface area contributed by atoms with Crippen molar-refractivity contribution in [2.24, 2.45) is 0 Å². The summed E-state index contributed by atoms with van der Waals surface area (Å²) in [5, 5.41) is 3.11. The first-order valence-electron chi connectivity index (χ1n) is 8.49. The molecule has 0 aliphatic heterocycles. The maximum atomic E-state index is 13.7. The molecule has 0 saturated heterocycles. The van der Waals surface area contributed by atoms with Gasteiger partial charge in [-0.3, -0.25) is 9.59 Å². The summed E-state index contributed by atoms with van der Waals surface area (Å²) < 4.78 is 13.7. The molecule has 2 aromatic rings. The summed E-state index contributed by atoms with van der Waals surface area (Å²) in [6.07, 6.45) is 0. The van der Waals surface area contributed by atoms with Gasteiger partial charge < -0.3 is 10.2 Å². The minimum atomic E-state index is -0.646. The van der Waals surface area contributed by atoms with Crippen molar-refractivity contribution in [3.8, 4) is 0 Å². The Hall–Kier alpha value is -2.05. The van der Waals surface area contributed by atoms with Gasteiger partial charge in [0.25, 0.3) is 0 Å². The van der Waals surface area contributed by atoms with Gasteiger partial charge in [0.15, 0.2) is 0 Å². The highest BCUT2D eigenvalue weighted by Gasteiger charge is 2.25. The van der Waals surface area contributed by atoms with Gasteiger partial charge >= 0.3 is 0 Å². The Morgan fingerprint density at radius 1 is 1.15 bits per heavy atom. The average Bonchev–Trinajstić information content (AvgIpc) is 2.67. The van der Waals surface area contributed by atoms with E-state index in [1.54, 1.807) is 31.2 Å². The van der Waals surface area contributed by atoms with Crippen LogP contribution in [-0.4, -0.2) is 35.6 Å². The fourth-order valence-electron chi connectivity index (χ4n) is 2.55. The van der Waals surface area contributed by atoms with Crippen LogP contribution in [-0.2, 0) is 21.9 Å². The molecule has 7 heteroatoms. The molecular weight excluding hydrogens is 387 g/mol. The summed E-state index contributed by atoms with van der Waals surface area (Å²) >= 11 is 7.52. The molecule has 2 amide bonds. The molecule has 2 rings (SSSR count). The summed E-state index contributed by atoms with van der Waals surface area (Å²) in [5.41, 5.74) is 1.31. The summed E-state index contributed by atoms with van der Waals surface area (Å²) in [6, 6.07) is 13.1. The molecule has 0 fully saturated rings. The maximum absolute atomic E-state index is 13.7. The molecular formula is C20H22ClFN2O2S. The van der Waals surface area contributed by atoms with Crippen LogP contribution in [0.1, 0.15) is 18.1 Å². The van der Waals surface area contributed by atoms with E-state index in [1.165, 1.54) is 29.8 Å². The molecule has 0 spiro atoms. The fourth-order valence-corrected chi connectivity index (χ4v) is 3.64. The maximum Gasteiger partial charge on any atom is 0.242 e. The molecule has 0 saturated carbocycles. The summed E-state index contributed by atoms with van der Waals surface area (Å²) in [5.74, 6) is -0.224. The molecule has 1 unspecified atom stereocenters. The molecule has 0 aliphatic rings. The Morgan fingerprint density at radius 2 is 1.78 bits per heavy atom. The van der Waals surface area contributed by atoms with Crippen molar-refractivity contribution in [1.82, 2.24) is 10.2 Å². The lowest BCUT2D eigenvalue weighted by atomic mass is 10.1. The normalized spacial score (nSPS) is 11.7. The zero-order chi connectivity index (χ0) is 19.8. The fraction of sp³-hybridized carbons (Fsp3) is 0.300. The van der Waals surface area contributed by atoms with Gasteiger partial charge in [0.2, 0.25) is 11.8 Å². The van der Waals surface area contributed by atoms with Crippen LogP contribution in [0.25, 0.3) is 0 Å². The van der Waals surface area contributed by atoms with Gasteiger partial charge in [-0.2, -0.15) is 0 Å². The van der Waals surface area contributed by atoms with E-state index in [2.05, 4.69) is 5.32 Å². The summed E-state index contributed by atoms with van der Waals surface area (Å²) in [6.45, 7) is 1.91. The number of hydrogen-bond acceptors (Lipinski definition) is 3. The topological polar surface area (TPSA) is 49.4 Å². The Balaban J connectivity index is 2.07. The Morgan fingerprint density at radius 3 is 2.41 bits per heavy atom. The van der Waals surface area contributed by atoms with E-state index in [1.807, 2.05) is 18.2 Å². The molecule has 4 nitrogen and oxygen atoms in total. The van der Waals surface area contributed by atoms with Gasteiger partial charge in [0, 0.05) is 24.4 Å². The largest absolute Gasteiger partial charge is 0.357 e. The minimum Gasteiger partial charge on any atom is -0.357 e. The van der Waals surface area contributed by atoms with Crippen LogP contribution in [0.2, 0.25) is 5.02 Å². The molecule has 1 N–H and O–H groups in total. The third-order valence-corrected chi connectivity index (χ3v) is 5.49. The van der Waals surface area contributed by atoms with Crippen LogP contribution in [0.5, 0.6) is 0 Å². The van der Waals surface area contributed by atoms with Crippen molar-refractivity contribution in [1.29, 1.82) is 0 Å². The van der Waals surface area contributed by atoms with Gasteiger partial charge in [-0.15, -0.1) is 11.8 Å². The van der Waals surface area contributed by atoms with Crippen molar-refractivity contribution in [3.63, 3.8) is 0 Å². The Bertz CT molecular complexity index is 803. The van der Waals surface area contributed by atoms with E-state index < -0.39 is 6.04 Å². The number of thioether (sulfide) groups is 1. The van der Waals surface area contributed by atoms with E-state index in [9.17, 15) is 14.0 Å². The van der Waals surface area contributed by atoms with Gasteiger partial charge in [0.05, 0.1) is 5.75 Å². The highest BCUT2D eigenvalue weighted by Crippen LogP contribution is 2.21. The first kappa shape index (κ1) is 21.3. The number of nitrogens with one attached hydrogen (secondary N) is 1. The Labute approximate surface area is 168 Å². The van der Waals surface area contributed by atoms with Crippen molar-refractivity contribution in [2.45, 2.75) is 25.3 Å². The lowest BCUT2D eigenvalue weighted by Gasteiger charge is -2.28. The predicted molar refractivity (Wildman–Crippen MR) is 108 cm³/mol. The monoisotopic (exact) mass is 408 g/mol. The molecule has 0 heterocycles. The number of halogens is 2. The van der Waals surface area contributed by atoms with Crippen molar-refractivity contribution in [2.75, 3.05) is 12.8 Å². The van der Waals surface area contributed by atoms with Crippen molar-refractivity contribution in [3.05, 3.63) is 70.5 Å². The molecule has 0 aromatic heterocycles. The first-order valence-corrected chi connectivity index (χ1v) is 10.0. The number of carbonyl (C=O) groups is 2. The van der Waals surface area contributed by atoms with Crippen LogP contribution < -0.4 is 5.32 Å². The van der Waals surface area contributed by atoms with Gasteiger partial charge in [0.1, 0.15) is 11.9 Å². The smallest absolute Gasteiger partial charge is 0.242 e. The quantitative estimate of drug-likeness (QED) is 0.721. The average molecular weight is 409 g/mol. The molecule has 2 aromatic carbocycles. The highest BCUT2D eigenvalue weighted by atomic mass is 35.5. The first-order chi connectivity index (χ1) is 12.9. The lowest BCUT2D eigenvalue weighted by molar-refractivity contribution is -0.138. The minimum absolute atomic E-state index is 0.139. The molecule has 0 bridgehead atoms. The third-order valence-electron chi connectivity index (χ3n) is 4.15. The van der Waals surface area contributed by atoms with Crippen LogP contribution in [0.3, 0.4) is 0 Å². The molecule has 1 atom stereocenters. The van der Waals surface area contributed by atoms with E-state index in [-0.39, 0.29) is 29.9 Å². The lowest BCUT2D eigenvalue weighted by Crippen LogP contribution is -2.47. The van der Waals surface area contributed by atoms with Gasteiger partial charge in [-0.25, -0.2) is 4.39 Å². The SMILES string of the molecule is CNC(=O)C(C)N(Cc1ccccc1Cl)C(=O)CSCc1ccccc1F. The second-order valence-corrected chi connectivity index (χ2v) is 7.38. The van der Waals surface area contributed by atoms with Crippen LogP contribution >= 0.6 is 23.4 Å². The second-order valence-electron chi connectivity index (χ2n) is 5.99. The second kappa shape index (κ2) is 10.3. The number of benzene rings is 2. The molecule has 27 heavy (non-hydrogen) atoms. The number of hydrogen-bond donors (Lipinski definition) is 1. The van der Waals surface area contributed by atoms with Crippen molar-refractivity contribution >= 4 is 35.2 Å². The van der Waals surface area contributed by atoms with Crippen molar-refractivity contribution < 1.29 is 14.0 Å². The highest BCUT2D eigenvalue weighted by molar-refractivity contribution is 7.99. The zero-order valence-electron chi connectivity index (χ0n) is 15.2. The third kappa shape index (κ3) is 5.97. The number of carbonyl (C=O) groups excluding carboxylic acids is 2. The predicted octanol–water partition coefficient (Wildman–Crippen LogP) is 3.88. The van der Waals surface area contributed by atoms with E-state index in [0.717, 1.165) is 5.56 Å². The Kier molecular flexibility index (Phi) is 8.13.